The number of allylic oxidation sites excluding steroid dienone is 4. The van der Waals surface area contributed by atoms with Crippen molar-refractivity contribution in [1.29, 1.82) is 0 Å². The van der Waals surface area contributed by atoms with E-state index in [4.69, 9.17) is 11.2 Å². The van der Waals surface area contributed by atoms with Crippen molar-refractivity contribution < 1.29 is 14.3 Å². The average molecular weight is 449 g/mol. The minimum absolute atomic E-state index is 0.00560. The molecule has 2 aliphatic carbocycles. The molecule has 0 radical (unpaired) electrons. The van der Waals surface area contributed by atoms with Gasteiger partial charge in [-0.1, -0.05) is 54.5 Å². The van der Waals surface area contributed by atoms with Gasteiger partial charge in [-0.15, -0.1) is 6.42 Å². The van der Waals surface area contributed by atoms with E-state index < -0.39 is 0 Å². The van der Waals surface area contributed by atoms with Crippen LogP contribution >= 0.6 is 11.9 Å². The first kappa shape index (κ1) is 23.6. The number of terminal acetylenes is 1. The summed E-state index contributed by atoms with van der Waals surface area (Å²) >= 11 is 1.58. The van der Waals surface area contributed by atoms with Gasteiger partial charge in [-0.2, -0.15) is 0 Å². The molecular formula is C26H28N2O3S. The van der Waals surface area contributed by atoms with E-state index in [9.17, 15) is 9.59 Å². The van der Waals surface area contributed by atoms with Gasteiger partial charge in [0.25, 0.3) is 0 Å². The van der Waals surface area contributed by atoms with Crippen molar-refractivity contribution >= 4 is 24.2 Å². The number of fused-ring (bicyclic) bond motifs is 1. The zero-order valence-corrected chi connectivity index (χ0v) is 19.2. The van der Waals surface area contributed by atoms with E-state index in [1.165, 1.54) is 7.11 Å². The van der Waals surface area contributed by atoms with Gasteiger partial charge in [-0.25, -0.2) is 4.31 Å². The van der Waals surface area contributed by atoms with Gasteiger partial charge in [0.2, 0.25) is 0 Å². The second-order valence-corrected chi connectivity index (χ2v) is 8.72. The van der Waals surface area contributed by atoms with Crippen LogP contribution in [-0.2, 0) is 14.3 Å². The third-order valence-corrected chi connectivity index (χ3v) is 6.64. The molecule has 0 saturated carbocycles. The normalized spacial score (nSPS) is 19.9. The standard InChI is InChI=1S/C26H28N2O3S/c1-4-16-27(20(2)19-26(30)31-3)24-14-15-25(23-13-9-8-12-22(23)24)28(17-18-29)32-21-10-6-5-7-11-21/h1,5-15,18,20,23,25H,16-17,19H2,2-3H3. The van der Waals surface area contributed by atoms with Gasteiger partial charge in [-0.05, 0) is 42.7 Å². The first-order chi connectivity index (χ1) is 15.6. The molecule has 0 spiro atoms. The molecule has 0 saturated heterocycles. The number of hydrogen-bond acceptors (Lipinski definition) is 6. The highest BCUT2D eigenvalue weighted by atomic mass is 32.2. The summed E-state index contributed by atoms with van der Waals surface area (Å²) in [5.74, 6) is 2.51. The number of carbonyl (C=O) groups is 2. The van der Waals surface area contributed by atoms with E-state index in [0.29, 0.717) is 13.1 Å². The van der Waals surface area contributed by atoms with Crippen molar-refractivity contribution in [3.63, 3.8) is 0 Å². The molecule has 0 bridgehead atoms. The Morgan fingerprint density at radius 3 is 2.72 bits per heavy atom. The monoisotopic (exact) mass is 448 g/mol. The van der Waals surface area contributed by atoms with Crippen molar-refractivity contribution in [1.82, 2.24) is 9.21 Å². The Morgan fingerprint density at radius 1 is 1.25 bits per heavy atom. The van der Waals surface area contributed by atoms with Crippen molar-refractivity contribution in [2.24, 2.45) is 5.92 Å². The first-order valence-electron chi connectivity index (χ1n) is 10.6. The number of nitrogens with zero attached hydrogens (tertiary/aromatic N) is 2. The molecule has 2 aliphatic rings. The lowest BCUT2D eigenvalue weighted by Crippen LogP contribution is -2.41. The van der Waals surface area contributed by atoms with E-state index in [1.807, 2.05) is 49.4 Å². The number of benzene rings is 1. The maximum Gasteiger partial charge on any atom is 0.307 e. The molecule has 6 heteroatoms. The van der Waals surface area contributed by atoms with Crippen LogP contribution in [0.15, 0.2) is 83.0 Å². The summed E-state index contributed by atoms with van der Waals surface area (Å²) in [6.45, 7) is 2.66. The maximum absolute atomic E-state index is 11.9. The van der Waals surface area contributed by atoms with Crippen LogP contribution in [0.5, 0.6) is 0 Å². The highest BCUT2D eigenvalue weighted by molar-refractivity contribution is 7.97. The number of aldehydes is 1. The number of ether oxygens (including phenoxy) is 1. The summed E-state index contributed by atoms with van der Waals surface area (Å²) in [5, 5.41) is 0. The lowest BCUT2D eigenvalue weighted by atomic mass is 9.82. The van der Waals surface area contributed by atoms with Crippen molar-refractivity contribution in [3.05, 3.63) is 78.1 Å². The second kappa shape index (κ2) is 11.6. The lowest BCUT2D eigenvalue weighted by Gasteiger charge is -2.40. The van der Waals surface area contributed by atoms with Crippen LogP contribution in [0, 0.1) is 18.3 Å². The predicted molar refractivity (Wildman–Crippen MR) is 128 cm³/mol. The number of rotatable bonds is 10. The highest BCUT2D eigenvalue weighted by Gasteiger charge is 2.33. The number of hydrogen-bond donors (Lipinski definition) is 0. The summed E-state index contributed by atoms with van der Waals surface area (Å²) in [4.78, 5) is 26.5. The summed E-state index contributed by atoms with van der Waals surface area (Å²) in [7, 11) is 1.39. The fourth-order valence-corrected chi connectivity index (χ4v) is 4.98. The molecule has 3 unspecified atom stereocenters. The molecule has 1 aromatic carbocycles. The SMILES string of the molecule is C#CCN(C1=C2C=CC=CC2C(N(CC=O)Sc2ccccc2)C=C1)C(C)CC(=O)OC. The third-order valence-electron chi connectivity index (χ3n) is 5.53. The average Bonchev–Trinajstić information content (AvgIpc) is 2.82. The zero-order chi connectivity index (χ0) is 22.9. The number of esters is 1. The smallest absolute Gasteiger partial charge is 0.307 e. The molecule has 1 aromatic rings. The Kier molecular flexibility index (Phi) is 8.55. The van der Waals surface area contributed by atoms with E-state index in [-0.39, 0.29) is 30.4 Å². The van der Waals surface area contributed by atoms with Gasteiger partial charge in [0.05, 0.1) is 26.6 Å². The molecule has 0 aliphatic heterocycles. The Labute approximate surface area is 194 Å². The van der Waals surface area contributed by atoms with Crippen molar-refractivity contribution in [2.75, 3.05) is 20.2 Å². The fraction of sp³-hybridized carbons (Fsp3) is 0.308. The number of methoxy groups -OCH3 is 1. The maximum atomic E-state index is 11.9. The van der Waals surface area contributed by atoms with E-state index in [0.717, 1.165) is 22.5 Å². The van der Waals surface area contributed by atoms with Crippen molar-refractivity contribution in [3.8, 4) is 12.3 Å². The van der Waals surface area contributed by atoms with Crippen LogP contribution in [0.4, 0.5) is 0 Å². The summed E-state index contributed by atoms with van der Waals surface area (Å²) < 4.78 is 6.96. The summed E-state index contributed by atoms with van der Waals surface area (Å²) in [5.41, 5.74) is 2.12. The Hall–Kier alpha value is -3.01. The van der Waals surface area contributed by atoms with Crippen LogP contribution in [0.25, 0.3) is 0 Å². The minimum atomic E-state index is -0.269. The quantitative estimate of drug-likeness (QED) is 0.233. The first-order valence-corrected chi connectivity index (χ1v) is 11.3. The topological polar surface area (TPSA) is 49.9 Å². The molecule has 0 amide bonds. The fourth-order valence-electron chi connectivity index (χ4n) is 3.98. The van der Waals surface area contributed by atoms with E-state index in [1.54, 1.807) is 11.9 Å². The molecular weight excluding hydrogens is 420 g/mol. The Bertz CT molecular complexity index is 975. The molecule has 32 heavy (non-hydrogen) atoms. The molecule has 3 atom stereocenters. The highest BCUT2D eigenvalue weighted by Crippen LogP contribution is 2.38. The van der Waals surface area contributed by atoms with E-state index >= 15 is 0 Å². The van der Waals surface area contributed by atoms with Gasteiger partial charge >= 0.3 is 5.97 Å². The van der Waals surface area contributed by atoms with Crippen LogP contribution in [0.2, 0.25) is 0 Å². The molecule has 3 rings (SSSR count). The van der Waals surface area contributed by atoms with Gasteiger partial charge in [0, 0.05) is 28.6 Å². The molecule has 0 aromatic heterocycles. The van der Waals surface area contributed by atoms with Gasteiger partial charge in [0.15, 0.2) is 0 Å². The predicted octanol–water partition coefficient (Wildman–Crippen LogP) is 4.02. The van der Waals surface area contributed by atoms with Gasteiger partial charge in [0.1, 0.15) is 6.29 Å². The molecule has 0 fully saturated rings. The summed E-state index contributed by atoms with van der Waals surface area (Å²) in [6.07, 6.45) is 19.3. The Morgan fingerprint density at radius 2 is 2.03 bits per heavy atom. The van der Waals surface area contributed by atoms with Gasteiger partial charge < -0.3 is 14.4 Å². The second-order valence-electron chi connectivity index (χ2n) is 7.59. The minimum Gasteiger partial charge on any atom is -0.469 e. The van der Waals surface area contributed by atoms with Crippen LogP contribution in [0.1, 0.15) is 13.3 Å². The molecule has 0 N–H and O–H groups in total. The molecule has 166 valence electrons. The third kappa shape index (κ3) is 5.61. The van der Waals surface area contributed by atoms with Crippen LogP contribution < -0.4 is 0 Å². The largest absolute Gasteiger partial charge is 0.469 e. The molecule has 5 nitrogen and oxygen atoms in total. The van der Waals surface area contributed by atoms with E-state index in [2.05, 4.69) is 39.4 Å². The zero-order valence-electron chi connectivity index (χ0n) is 18.4. The summed E-state index contributed by atoms with van der Waals surface area (Å²) in [6, 6.07) is 9.91. The van der Waals surface area contributed by atoms with Crippen LogP contribution in [-0.4, -0.2) is 53.7 Å². The van der Waals surface area contributed by atoms with Gasteiger partial charge in [-0.3, -0.25) is 4.79 Å². The van der Waals surface area contributed by atoms with Crippen molar-refractivity contribution in [2.45, 2.75) is 30.3 Å². The van der Waals surface area contributed by atoms with Crippen LogP contribution in [0.3, 0.4) is 0 Å². The number of carbonyl (C=O) groups excluding carboxylic acids is 2. The Balaban J connectivity index is 1.92. The lowest BCUT2D eigenvalue weighted by molar-refractivity contribution is -0.141. The molecule has 0 heterocycles.